The van der Waals surface area contributed by atoms with Crippen molar-refractivity contribution in [2.45, 2.75) is 38.6 Å². The second-order valence-electron chi connectivity index (χ2n) is 10.0. The number of pyridine rings is 1. The Balaban J connectivity index is 1.26. The van der Waals surface area contributed by atoms with E-state index in [1.165, 1.54) is 12.1 Å². The normalized spacial score (nSPS) is 17.0. The molecule has 0 spiro atoms. The SMILES string of the molecule is Cc1ccc(O)c2c3c(nn12)CCC(C)(NC(=O)c1ccc(-n2cnc4cc(C(=O)O)ccc42)cc1Cl)C3. The Kier molecular flexibility index (Phi) is 5.43. The fraction of sp³-hybridized carbons (Fsp3) is 0.214. The number of halogens is 1. The molecule has 3 heterocycles. The summed E-state index contributed by atoms with van der Waals surface area (Å²) in [5, 5.41) is 27.9. The van der Waals surface area contributed by atoms with E-state index in [4.69, 9.17) is 11.6 Å². The van der Waals surface area contributed by atoms with E-state index < -0.39 is 11.5 Å². The van der Waals surface area contributed by atoms with Crippen molar-refractivity contribution >= 4 is 40.0 Å². The number of aromatic hydroxyl groups is 1. The lowest BCUT2D eigenvalue weighted by Crippen LogP contribution is -2.49. The van der Waals surface area contributed by atoms with Gasteiger partial charge in [0.05, 0.1) is 32.9 Å². The lowest BCUT2D eigenvalue weighted by atomic mass is 9.81. The highest BCUT2D eigenvalue weighted by molar-refractivity contribution is 6.34. The van der Waals surface area contributed by atoms with Crippen LogP contribution in [-0.4, -0.2) is 46.8 Å². The number of rotatable bonds is 4. The largest absolute Gasteiger partial charge is 0.506 e. The van der Waals surface area contributed by atoms with Gasteiger partial charge in [-0.2, -0.15) is 5.10 Å². The molecule has 192 valence electrons. The van der Waals surface area contributed by atoms with Crippen molar-refractivity contribution in [3.05, 3.63) is 88.0 Å². The average molecular weight is 530 g/mol. The zero-order valence-corrected chi connectivity index (χ0v) is 21.5. The number of carbonyl (C=O) groups excluding carboxylic acids is 1. The number of carboxylic acid groups (broad SMARTS) is 1. The highest BCUT2D eigenvalue weighted by atomic mass is 35.5. The molecule has 1 amide bonds. The summed E-state index contributed by atoms with van der Waals surface area (Å²) in [6, 6.07) is 13.4. The Morgan fingerprint density at radius 2 is 1.95 bits per heavy atom. The van der Waals surface area contributed by atoms with Gasteiger partial charge in [-0.05, 0) is 81.6 Å². The van der Waals surface area contributed by atoms with Crippen molar-refractivity contribution in [1.29, 1.82) is 0 Å². The number of benzene rings is 2. The Bertz CT molecular complexity index is 1790. The zero-order chi connectivity index (χ0) is 26.8. The Labute approximate surface area is 222 Å². The smallest absolute Gasteiger partial charge is 0.335 e. The first kappa shape index (κ1) is 24.0. The van der Waals surface area contributed by atoms with Crippen molar-refractivity contribution < 1.29 is 19.8 Å². The molecule has 6 rings (SSSR count). The van der Waals surface area contributed by atoms with Crippen LogP contribution in [0, 0.1) is 6.92 Å². The molecule has 2 aromatic carbocycles. The minimum Gasteiger partial charge on any atom is -0.506 e. The summed E-state index contributed by atoms with van der Waals surface area (Å²) in [5.74, 6) is -1.13. The third-order valence-corrected chi connectivity index (χ3v) is 7.60. The lowest BCUT2D eigenvalue weighted by molar-refractivity contribution is 0.0696. The monoisotopic (exact) mass is 529 g/mol. The molecule has 0 fully saturated rings. The Morgan fingerprint density at radius 3 is 2.71 bits per heavy atom. The van der Waals surface area contributed by atoms with Crippen molar-refractivity contribution in [2.75, 3.05) is 0 Å². The molecule has 9 nitrogen and oxygen atoms in total. The summed E-state index contributed by atoms with van der Waals surface area (Å²) in [7, 11) is 0. The molecular formula is C28H24ClN5O4. The summed E-state index contributed by atoms with van der Waals surface area (Å²) in [4.78, 5) is 28.9. The molecule has 3 N–H and O–H groups in total. The lowest BCUT2D eigenvalue weighted by Gasteiger charge is -2.34. The number of aryl methyl sites for hydroxylation is 2. The molecule has 10 heteroatoms. The van der Waals surface area contributed by atoms with Crippen LogP contribution >= 0.6 is 11.6 Å². The molecule has 1 aliphatic rings. The average Bonchev–Trinajstić information content (AvgIpc) is 3.47. The Hall–Kier alpha value is -4.37. The van der Waals surface area contributed by atoms with E-state index in [9.17, 15) is 19.8 Å². The summed E-state index contributed by atoms with van der Waals surface area (Å²) < 4.78 is 3.56. The molecule has 0 saturated heterocycles. The molecule has 5 aromatic rings. The minimum absolute atomic E-state index is 0.158. The number of nitrogens with zero attached hydrogens (tertiary/aromatic N) is 4. The van der Waals surface area contributed by atoms with Crippen LogP contribution in [0.5, 0.6) is 5.75 Å². The number of fused-ring (bicyclic) bond motifs is 4. The summed E-state index contributed by atoms with van der Waals surface area (Å²) in [6.07, 6.45) is 3.50. The van der Waals surface area contributed by atoms with Gasteiger partial charge in [0.1, 0.15) is 17.6 Å². The number of carboxylic acids is 1. The molecule has 0 aliphatic heterocycles. The predicted octanol–water partition coefficient (Wildman–Crippen LogP) is 4.72. The van der Waals surface area contributed by atoms with Gasteiger partial charge in [0.15, 0.2) is 0 Å². The van der Waals surface area contributed by atoms with E-state index in [-0.39, 0.29) is 22.2 Å². The van der Waals surface area contributed by atoms with Crippen molar-refractivity contribution in [1.82, 2.24) is 24.5 Å². The second kappa shape index (κ2) is 8.59. The molecule has 3 aromatic heterocycles. The van der Waals surface area contributed by atoms with Crippen molar-refractivity contribution in [3.63, 3.8) is 0 Å². The van der Waals surface area contributed by atoms with E-state index in [1.807, 2.05) is 19.9 Å². The van der Waals surface area contributed by atoms with E-state index in [0.717, 1.165) is 22.5 Å². The molecule has 1 atom stereocenters. The summed E-state index contributed by atoms with van der Waals surface area (Å²) in [6.45, 7) is 3.94. The van der Waals surface area contributed by atoms with E-state index in [0.29, 0.717) is 41.5 Å². The van der Waals surface area contributed by atoms with Gasteiger partial charge in [-0.1, -0.05) is 11.6 Å². The fourth-order valence-corrected chi connectivity index (χ4v) is 5.52. The van der Waals surface area contributed by atoms with Crippen LogP contribution in [0.15, 0.2) is 54.9 Å². The maximum absolute atomic E-state index is 13.3. The summed E-state index contributed by atoms with van der Waals surface area (Å²) in [5.41, 5.74) is 5.41. The van der Waals surface area contributed by atoms with Gasteiger partial charge >= 0.3 is 5.97 Å². The fourth-order valence-electron chi connectivity index (χ4n) is 5.26. The van der Waals surface area contributed by atoms with Gasteiger partial charge in [0.25, 0.3) is 5.91 Å². The van der Waals surface area contributed by atoms with Crippen LogP contribution < -0.4 is 5.32 Å². The summed E-state index contributed by atoms with van der Waals surface area (Å²) >= 11 is 6.58. The highest BCUT2D eigenvalue weighted by Gasteiger charge is 2.35. The minimum atomic E-state index is -1.02. The molecular weight excluding hydrogens is 506 g/mol. The van der Waals surface area contributed by atoms with E-state index in [1.54, 1.807) is 45.7 Å². The number of aromatic nitrogens is 4. The molecule has 0 saturated carbocycles. The molecule has 1 aliphatic carbocycles. The standard InChI is InChI=1S/C28H24ClN5O4/c1-15-3-8-24(35)25-19-13-28(2,10-9-21(19)32-34(15)25)31-26(36)18-6-5-17(12-20(18)29)33-14-30-22-11-16(27(37)38)4-7-23(22)33/h3-8,11-12,14,35H,9-10,13H2,1-2H3,(H,31,36)(H,37,38). The quantitative estimate of drug-likeness (QED) is 0.310. The number of amides is 1. The van der Waals surface area contributed by atoms with E-state index >= 15 is 0 Å². The topological polar surface area (TPSA) is 122 Å². The number of carbonyl (C=O) groups is 2. The van der Waals surface area contributed by atoms with Crippen LogP contribution in [0.2, 0.25) is 5.02 Å². The number of hydrogen-bond acceptors (Lipinski definition) is 5. The maximum Gasteiger partial charge on any atom is 0.335 e. The van der Waals surface area contributed by atoms with Crippen molar-refractivity contribution in [3.8, 4) is 11.4 Å². The molecule has 1 unspecified atom stereocenters. The van der Waals surface area contributed by atoms with Crippen LogP contribution in [0.4, 0.5) is 0 Å². The number of aromatic carboxylic acids is 1. The van der Waals surface area contributed by atoms with Crippen molar-refractivity contribution in [2.24, 2.45) is 0 Å². The molecule has 0 radical (unpaired) electrons. The first-order valence-electron chi connectivity index (χ1n) is 12.2. The van der Waals surface area contributed by atoms with Gasteiger partial charge in [-0.15, -0.1) is 0 Å². The predicted molar refractivity (Wildman–Crippen MR) is 143 cm³/mol. The van der Waals surface area contributed by atoms with Gasteiger partial charge in [-0.3, -0.25) is 9.36 Å². The van der Waals surface area contributed by atoms with Crippen LogP contribution in [0.25, 0.3) is 22.2 Å². The zero-order valence-electron chi connectivity index (χ0n) is 20.7. The van der Waals surface area contributed by atoms with Crippen LogP contribution in [0.3, 0.4) is 0 Å². The van der Waals surface area contributed by atoms with Crippen LogP contribution in [-0.2, 0) is 12.8 Å². The molecule has 38 heavy (non-hydrogen) atoms. The third kappa shape index (κ3) is 3.86. The third-order valence-electron chi connectivity index (χ3n) is 7.29. The number of imidazole rings is 1. The van der Waals surface area contributed by atoms with Gasteiger partial charge in [-0.25, -0.2) is 14.3 Å². The number of nitrogens with one attached hydrogen (secondary N) is 1. The highest BCUT2D eigenvalue weighted by Crippen LogP contribution is 2.35. The number of hydrogen-bond donors (Lipinski definition) is 3. The van der Waals surface area contributed by atoms with Gasteiger partial charge in [0, 0.05) is 22.5 Å². The Morgan fingerprint density at radius 1 is 1.13 bits per heavy atom. The molecule has 0 bridgehead atoms. The van der Waals surface area contributed by atoms with E-state index in [2.05, 4.69) is 15.4 Å². The maximum atomic E-state index is 13.3. The van der Waals surface area contributed by atoms with Gasteiger partial charge < -0.3 is 15.5 Å². The second-order valence-corrected chi connectivity index (χ2v) is 10.4. The first-order valence-corrected chi connectivity index (χ1v) is 12.5. The van der Waals surface area contributed by atoms with Gasteiger partial charge in [0.2, 0.25) is 0 Å². The first-order chi connectivity index (χ1) is 18.1. The van der Waals surface area contributed by atoms with Crippen LogP contribution in [0.1, 0.15) is 51.0 Å².